The summed E-state index contributed by atoms with van der Waals surface area (Å²) in [6, 6.07) is 3.14. The lowest BCUT2D eigenvalue weighted by Gasteiger charge is -2.14. The number of rotatable bonds is 3. The first kappa shape index (κ1) is 16.8. The Morgan fingerprint density at radius 2 is 2.00 bits per heavy atom. The van der Waals surface area contributed by atoms with Crippen molar-refractivity contribution in [2.24, 2.45) is 0 Å². The topological polar surface area (TPSA) is 81.4 Å². The fourth-order valence-electron chi connectivity index (χ4n) is 1.80. The second kappa shape index (κ2) is 5.92. The number of methoxy groups -OCH3 is 1. The van der Waals surface area contributed by atoms with Crippen molar-refractivity contribution >= 4 is 17.6 Å². The number of alkyl halides is 3. The van der Waals surface area contributed by atoms with E-state index in [1.807, 2.05) is 0 Å². The number of benzene rings is 1. The van der Waals surface area contributed by atoms with Crippen LogP contribution in [0.15, 0.2) is 29.1 Å². The van der Waals surface area contributed by atoms with Crippen LogP contribution in [0.4, 0.5) is 13.2 Å². The number of halogens is 4. The van der Waals surface area contributed by atoms with E-state index in [1.165, 1.54) is 12.1 Å². The zero-order chi connectivity index (χ0) is 17.4. The molecule has 23 heavy (non-hydrogen) atoms. The number of nitrogens with zero attached hydrogens (tertiary/aromatic N) is 2. The van der Waals surface area contributed by atoms with Gasteiger partial charge in [0.05, 0.1) is 23.4 Å². The first-order valence-electron chi connectivity index (χ1n) is 5.93. The molecule has 1 heterocycles. The van der Waals surface area contributed by atoms with Crippen LogP contribution in [0.1, 0.15) is 16.1 Å². The molecule has 0 saturated heterocycles. The summed E-state index contributed by atoms with van der Waals surface area (Å²) in [7, 11) is 1.03. The Hall–Kier alpha value is -2.55. The Kier molecular flexibility index (Phi) is 4.33. The van der Waals surface area contributed by atoms with E-state index in [2.05, 4.69) is 4.98 Å². The smallest absolute Gasteiger partial charge is 0.433 e. The van der Waals surface area contributed by atoms with Crippen molar-refractivity contribution < 1.29 is 27.8 Å². The number of carboxylic acids is 1. The van der Waals surface area contributed by atoms with Crippen LogP contribution in [0.2, 0.25) is 5.02 Å². The van der Waals surface area contributed by atoms with Gasteiger partial charge in [0.1, 0.15) is 0 Å². The van der Waals surface area contributed by atoms with Crippen LogP contribution in [0.3, 0.4) is 0 Å². The van der Waals surface area contributed by atoms with Gasteiger partial charge in [-0.15, -0.1) is 0 Å². The van der Waals surface area contributed by atoms with Gasteiger partial charge >= 0.3 is 18.2 Å². The first-order valence-corrected chi connectivity index (χ1v) is 6.31. The van der Waals surface area contributed by atoms with E-state index in [0.29, 0.717) is 4.57 Å². The number of aromatic nitrogens is 2. The maximum atomic E-state index is 12.7. The molecular formula is C13H8ClF3N2O4. The monoisotopic (exact) mass is 348 g/mol. The molecule has 0 radical (unpaired) electrons. The van der Waals surface area contributed by atoms with E-state index in [1.54, 1.807) is 0 Å². The highest BCUT2D eigenvalue weighted by atomic mass is 35.5. The van der Waals surface area contributed by atoms with Crippen molar-refractivity contribution in [3.63, 3.8) is 0 Å². The molecule has 0 aliphatic heterocycles. The molecule has 1 aromatic carbocycles. The summed E-state index contributed by atoms with van der Waals surface area (Å²) in [6.07, 6.45) is -4.82. The van der Waals surface area contributed by atoms with E-state index < -0.39 is 29.4 Å². The Morgan fingerprint density at radius 1 is 1.35 bits per heavy atom. The average Bonchev–Trinajstić information content (AvgIpc) is 2.46. The summed E-state index contributed by atoms with van der Waals surface area (Å²) in [5.74, 6) is -1.36. The Balaban J connectivity index is 2.72. The van der Waals surface area contributed by atoms with Gasteiger partial charge in [-0.2, -0.15) is 18.2 Å². The van der Waals surface area contributed by atoms with Gasteiger partial charge in [-0.25, -0.2) is 9.36 Å². The lowest BCUT2D eigenvalue weighted by molar-refractivity contribution is -0.141. The average molecular weight is 349 g/mol. The number of hydrogen-bond donors (Lipinski definition) is 1. The Bertz CT molecular complexity index is 833. The third-order valence-corrected chi connectivity index (χ3v) is 3.13. The summed E-state index contributed by atoms with van der Waals surface area (Å²) < 4.78 is 43.5. The third-order valence-electron chi connectivity index (χ3n) is 2.80. The van der Waals surface area contributed by atoms with Gasteiger partial charge in [0, 0.05) is 6.07 Å². The lowest BCUT2D eigenvalue weighted by Crippen LogP contribution is -2.24. The van der Waals surface area contributed by atoms with Crippen molar-refractivity contribution in [3.8, 4) is 11.7 Å². The molecule has 0 aliphatic carbocycles. The van der Waals surface area contributed by atoms with Gasteiger partial charge in [0.2, 0.25) is 0 Å². The molecule has 1 aromatic heterocycles. The minimum atomic E-state index is -4.82. The quantitative estimate of drug-likeness (QED) is 0.922. The number of carboxylic acid groups (broad SMARTS) is 1. The predicted octanol–water partition coefficient (Wildman–Crippen LogP) is 2.61. The third kappa shape index (κ3) is 3.29. The Labute approximate surface area is 131 Å². The van der Waals surface area contributed by atoms with Gasteiger partial charge in [-0.1, -0.05) is 11.6 Å². The fraction of sp³-hybridized carbons (Fsp3) is 0.154. The summed E-state index contributed by atoms with van der Waals surface area (Å²) in [5, 5.41) is 8.93. The highest BCUT2D eigenvalue weighted by molar-refractivity contribution is 6.33. The molecule has 0 bridgehead atoms. The largest absolute Gasteiger partial charge is 0.478 e. The van der Waals surface area contributed by atoms with Gasteiger partial charge in [0.15, 0.2) is 5.69 Å². The van der Waals surface area contributed by atoms with Crippen molar-refractivity contribution in [2.45, 2.75) is 6.18 Å². The van der Waals surface area contributed by atoms with Gasteiger partial charge < -0.3 is 9.84 Å². The van der Waals surface area contributed by atoms with Crippen LogP contribution >= 0.6 is 11.6 Å². The second-order valence-corrected chi connectivity index (χ2v) is 4.68. The van der Waals surface area contributed by atoms with Crippen molar-refractivity contribution in [2.75, 3.05) is 7.11 Å². The van der Waals surface area contributed by atoms with Crippen molar-refractivity contribution in [1.29, 1.82) is 0 Å². The SMILES string of the molecule is COc1nc(C(F)(F)F)cc(=O)n1-c1ccc(Cl)c(C(=O)O)c1. The van der Waals surface area contributed by atoms with E-state index in [9.17, 15) is 22.8 Å². The summed E-state index contributed by atoms with van der Waals surface area (Å²) >= 11 is 5.71. The molecule has 0 fully saturated rings. The molecule has 2 rings (SSSR count). The molecule has 0 aliphatic rings. The van der Waals surface area contributed by atoms with E-state index in [0.717, 1.165) is 13.2 Å². The van der Waals surface area contributed by atoms with Crippen LogP contribution in [0.25, 0.3) is 5.69 Å². The molecule has 0 saturated carbocycles. The number of hydrogen-bond acceptors (Lipinski definition) is 4. The van der Waals surface area contributed by atoms with E-state index in [-0.39, 0.29) is 22.3 Å². The molecule has 0 spiro atoms. The molecule has 1 N–H and O–H groups in total. The maximum absolute atomic E-state index is 12.7. The van der Waals surface area contributed by atoms with Crippen molar-refractivity contribution in [1.82, 2.24) is 9.55 Å². The molecule has 6 nitrogen and oxygen atoms in total. The van der Waals surface area contributed by atoms with Crippen LogP contribution in [0.5, 0.6) is 6.01 Å². The van der Waals surface area contributed by atoms with E-state index in [4.69, 9.17) is 21.4 Å². The Morgan fingerprint density at radius 3 is 2.52 bits per heavy atom. The predicted molar refractivity (Wildman–Crippen MR) is 73.4 cm³/mol. The minimum absolute atomic E-state index is 0.0464. The highest BCUT2D eigenvalue weighted by Crippen LogP contribution is 2.28. The van der Waals surface area contributed by atoms with Crippen molar-refractivity contribution in [3.05, 3.63) is 50.9 Å². The fourth-order valence-corrected chi connectivity index (χ4v) is 2.00. The van der Waals surface area contributed by atoms with Gasteiger partial charge in [0.25, 0.3) is 5.56 Å². The van der Waals surface area contributed by atoms with Gasteiger partial charge in [-0.3, -0.25) is 4.79 Å². The molecule has 122 valence electrons. The highest BCUT2D eigenvalue weighted by Gasteiger charge is 2.34. The zero-order valence-corrected chi connectivity index (χ0v) is 12.1. The van der Waals surface area contributed by atoms with Crippen LogP contribution in [-0.4, -0.2) is 27.7 Å². The van der Waals surface area contributed by atoms with Gasteiger partial charge in [-0.05, 0) is 18.2 Å². The first-order chi connectivity index (χ1) is 10.6. The molecular weight excluding hydrogens is 341 g/mol. The number of aromatic carboxylic acids is 1. The maximum Gasteiger partial charge on any atom is 0.433 e. The molecule has 0 amide bonds. The summed E-state index contributed by atoms with van der Waals surface area (Å²) in [5.41, 5.74) is -2.86. The normalized spacial score (nSPS) is 11.3. The minimum Gasteiger partial charge on any atom is -0.478 e. The number of ether oxygens (including phenoxy) is 1. The van der Waals surface area contributed by atoms with E-state index >= 15 is 0 Å². The van der Waals surface area contributed by atoms with Crippen LogP contribution in [0, 0.1) is 0 Å². The molecule has 10 heteroatoms. The lowest BCUT2D eigenvalue weighted by atomic mass is 10.2. The molecule has 2 aromatic rings. The summed E-state index contributed by atoms with van der Waals surface area (Å²) in [4.78, 5) is 26.3. The zero-order valence-electron chi connectivity index (χ0n) is 11.4. The molecule has 0 unspecified atom stereocenters. The summed E-state index contributed by atoms with van der Waals surface area (Å²) in [6.45, 7) is 0. The number of carbonyl (C=O) groups is 1. The molecule has 0 atom stereocenters. The van der Waals surface area contributed by atoms with Crippen LogP contribution < -0.4 is 10.3 Å². The van der Waals surface area contributed by atoms with Crippen LogP contribution in [-0.2, 0) is 6.18 Å². The standard InChI is InChI=1S/C13H8ClF3N2O4/c1-23-12-18-9(13(15,16)17)5-10(20)19(12)6-2-3-8(14)7(4-6)11(21)22/h2-5H,1H3,(H,21,22). The second-order valence-electron chi connectivity index (χ2n) is 4.27.